The lowest BCUT2D eigenvalue weighted by molar-refractivity contribution is -0.205. The smallest absolute Gasteiger partial charge is 0.433 e. The van der Waals surface area contributed by atoms with E-state index in [2.05, 4.69) is 27.1 Å². The number of carbonyl (C=O) groups excluding carboxylic acids is 1. The summed E-state index contributed by atoms with van der Waals surface area (Å²) in [4.78, 5) is 36.4. The molecule has 10 nitrogen and oxygen atoms in total. The van der Waals surface area contributed by atoms with Gasteiger partial charge in [-0.25, -0.2) is 4.79 Å². The Morgan fingerprint density at radius 2 is 2.06 bits per heavy atom. The fraction of sp³-hybridized carbons (Fsp3) is 0.556. The zero-order valence-electron chi connectivity index (χ0n) is 17.4. The summed E-state index contributed by atoms with van der Waals surface area (Å²) >= 11 is 0. The highest BCUT2D eigenvalue weighted by atomic mass is 19.4. The van der Waals surface area contributed by atoms with E-state index in [0.29, 0.717) is 12.5 Å². The molecule has 31 heavy (non-hydrogen) atoms. The largest absolute Gasteiger partial charge is 0.491 e. The van der Waals surface area contributed by atoms with E-state index in [1.54, 1.807) is 33.0 Å². The third-order valence-corrected chi connectivity index (χ3v) is 4.68. The van der Waals surface area contributed by atoms with E-state index in [9.17, 15) is 22.8 Å². The number of aromatic nitrogens is 4. The van der Waals surface area contributed by atoms with Gasteiger partial charge in [0.25, 0.3) is 5.56 Å². The maximum Gasteiger partial charge on any atom is 0.491 e. The van der Waals surface area contributed by atoms with Crippen molar-refractivity contribution in [3.05, 3.63) is 10.4 Å². The van der Waals surface area contributed by atoms with E-state index in [0.717, 1.165) is 0 Å². The molecule has 1 unspecified atom stereocenters. The van der Waals surface area contributed by atoms with Crippen LogP contribution < -0.4 is 20.7 Å². The van der Waals surface area contributed by atoms with Crippen LogP contribution in [0.3, 0.4) is 0 Å². The van der Waals surface area contributed by atoms with Crippen LogP contribution in [0.15, 0.2) is 4.79 Å². The number of hydrogen-bond acceptors (Lipinski definition) is 8. The van der Waals surface area contributed by atoms with E-state index in [4.69, 9.17) is 4.74 Å². The molecule has 0 saturated carbocycles. The predicted octanol–water partition coefficient (Wildman–Crippen LogP) is 0.0605. The molecule has 2 aromatic rings. The number of alkyl halides is 3. The summed E-state index contributed by atoms with van der Waals surface area (Å²) in [6.45, 7) is 2.25. The highest BCUT2D eigenvalue weighted by Gasteiger charge is 2.44. The van der Waals surface area contributed by atoms with E-state index in [1.165, 1.54) is 14.0 Å². The summed E-state index contributed by atoms with van der Waals surface area (Å²) in [6, 6.07) is 0. The van der Waals surface area contributed by atoms with Crippen LogP contribution in [-0.4, -0.2) is 71.2 Å². The molecule has 0 bridgehead atoms. The highest BCUT2D eigenvalue weighted by molar-refractivity contribution is 5.77. The monoisotopic (exact) mass is 441 g/mol. The fourth-order valence-corrected chi connectivity index (χ4v) is 3.27. The number of hydrogen-bond donors (Lipinski definition) is 1. The Morgan fingerprint density at radius 1 is 1.35 bits per heavy atom. The molecular weight excluding hydrogens is 419 g/mol. The number of ether oxygens (including phenoxy) is 1. The second-order valence-corrected chi connectivity index (χ2v) is 7.02. The van der Waals surface area contributed by atoms with Gasteiger partial charge in [-0.1, -0.05) is 5.92 Å². The van der Waals surface area contributed by atoms with Gasteiger partial charge in [0.2, 0.25) is 11.9 Å². The molecule has 1 fully saturated rings. The summed E-state index contributed by atoms with van der Waals surface area (Å²) in [5.41, 5.74) is -0.103. The van der Waals surface area contributed by atoms with E-state index in [1.807, 2.05) is 0 Å². The molecule has 0 amide bonds. The number of piperazine rings is 1. The van der Waals surface area contributed by atoms with Crippen LogP contribution in [0.5, 0.6) is 0 Å². The standard InChI is InChI=1S/C18H22F3N7O3/c1-5-6-8-28-12-13(23-16(25(2)3)26(4)14(12)29)24-17(28)27-9-7-22-10-11(27)31-15(30)18(19,20)21/h11,22H,7-10H2,1-4H3. The van der Waals surface area contributed by atoms with Gasteiger partial charge in [0.15, 0.2) is 17.4 Å². The molecule has 1 aliphatic heterocycles. The van der Waals surface area contributed by atoms with Crippen LogP contribution in [0, 0.1) is 11.8 Å². The van der Waals surface area contributed by atoms with Crippen molar-refractivity contribution in [2.45, 2.75) is 25.9 Å². The number of rotatable bonds is 4. The van der Waals surface area contributed by atoms with Gasteiger partial charge < -0.3 is 19.9 Å². The van der Waals surface area contributed by atoms with E-state index in [-0.39, 0.29) is 42.3 Å². The maximum absolute atomic E-state index is 13.0. The minimum Gasteiger partial charge on any atom is -0.433 e. The van der Waals surface area contributed by atoms with Crippen LogP contribution >= 0.6 is 0 Å². The molecule has 1 saturated heterocycles. The average Bonchev–Trinajstić information content (AvgIpc) is 3.06. The second kappa shape index (κ2) is 8.46. The summed E-state index contributed by atoms with van der Waals surface area (Å²) in [5, 5.41) is 2.89. The molecule has 0 radical (unpaired) electrons. The van der Waals surface area contributed by atoms with E-state index >= 15 is 0 Å². The molecule has 1 N–H and O–H groups in total. The van der Waals surface area contributed by atoms with Crippen molar-refractivity contribution in [1.82, 2.24) is 24.4 Å². The third kappa shape index (κ3) is 4.29. The predicted molar refractivity (Wildman–Crippen MR) is 107 cm³/mol. The van der Waals surface area contributed by atoms with Crippen molar-refractivity contribution in [2.24, 2.45) is 7.05 Å². The molecule has 0 spiro atoms. The molecule has 1 aliphatic rings. The maximum atomic E-state index is 13.0. The van der Waals surface area contributed by atoms with Crippen molar-refractivity contribution in [1.29, 1.82) is 0 Å². The van der Waals surface area contributed by atoms with Crippen LogP contribution in [0.4, 0.5) is 25.1 Å². The Morgan fingerprint density at radius 3 is 2.68 bits per heavy atom. The molecule has 2 aromatic heterocycles. The highest BCUT2D eigenvalue weighted by Crippen LogP contribution is 2.25. The third-order valence-electron chi connectivity index (χ3n) is 4.68. The molecule has 1 atom stereocenters. The zero-order chi connectivity index (χ0) is 22.9. The summed E-state index contributed by atoms with van der Waals surface area (Å²) < 4.78 is 45.8. The second-order valence-electron chi connectivity index (χ2n) is 7.02. The van der Waals surface area contributed by atoms with Crippen LogP contribution in [0.25, 0.3) is 11.2 Å². The Balaban J connectivity index is 2.16. The first kappa shape index (κ1) is 22.4. The van der Waals surface area contributed by atoms with Gasteiger partial charge in [0.05, 0.1) is 13.1 Å². The normalized spacial score (nSPS) is 16.7. The van der Waals surface area contributed by atoms with Gasteiger partial charge in [0.1, 0.15) is 0 Å². The lowest BCUT2D eigenvalue weighted by Crippen LogP contribution is -2.55. The van der Waals surface area contributed by atoms with Gasteiger partial charge in [0, 0.05) is 34.2 Å². The fourth-order valence-electron chi connectivity index (χ4n) is 3.27. The minimum atomic E-state index is -5.13. The van der Waals surface area contributed by atoms with Gasteiger partial charge in [-0.05, 0) is 6.92 Å². The van der Waals surface area contributed by atoms with Crippen molar-refractivity contribution in [2.75, 3.05) is 43.5 Å². The first-order chi connectivity index (χ1) is 14.6. The van der Waals surface area contributed by atoms with E-state index < -0.39 is 18.4 Å². The number of fused-ring (bicyclic) bond motifs is 1. The lowest BCUT2D eigenvalue weighted by Gasteiger charge is -2.36. The average molecular weight is 441 g/mol. The SMILES string of the molecule is CC#CCn1c(N2CCNCC2OC(=O)C(F)(F)F)nc2nc(N(C)C)n(C)c(=O)c21. The molecule has 168 valence electrons. The number of nitrogens with zero attached hydrogens (tertiary/aromatic N) is 6. The van der Waals surface area contributed by atoms with Crippen LogP contribution in [-0.2, 0) is 23.1 Å². The van der Waals surface area contributed by atoms with Gasteiger partial charge in [-0.15, -0.1) is 5.92 Å². The quantitative estimate of drug-likeness (QED) is 0.526. The van der Waals surface area contributed by atoms with Crippen LogP contribution in [0.1, 0.15) is 6.92 Å². The zero-order valence-corrected chi connectivity index (χ0v) is 17.4. The lowest BCUT2D eigenvalue weighted by atomic mass is 10.3. The Bertz CT molecular complexity index is 1110. The number of halogens is 3. The van der Waals surface area contributed by atoms with Gasteiger partial charge in [-0.2, -0.15) is 23.1 Å². The van der Waals surface area contributed by atoms with Crippen molar-refractivity contribution < 1.29 is 22.7 Å². The first-order valence-electron chi connectivity index (χ1n) is 9.35. The molecule has 0 aliphatic carbocycles. The number of esters is 1. The summed E-state index contributed by atoms with van der Waals surface area (Å²) in [5.74, 6) is 3.78. The molecule has 0 aromatic carbocycles. The molecule has 13 heteroatoms. The number of imidazole rings is 1. The first-order valence-corrected chi connectivity index (χ1v) is 9.35. The Hall–Kier alpha value is -3.27. The molecule has 3 heterocycles. The van der Waals surface area contributed by atoms with Crippen molar-refractivity contribution >= 4 is 29.0 Å². The number of nitrogens with one attached hydrogen (secondary N) is 1. The Kier molecular flexibility index (Phi) is 6.12. The summed E-state index contributed by atoms with van der Waals surface area (Å²) in [7, 11) is 5.00. The minimum absolute atomic E-state index is 0.0428. The van der Waals surface area contributed by atoms with Crippen molar-refractivity contribution in [3.8, 4) is 11.8 Å². The number of carbonyl (C=O) groups is 1. The van der Waals surface area contributed by atoms with Gasteiger partial charge >= 0.3 is 12.1 Å². The summed E-state index contributed by atoms with van der Waals surface area (Å²) in [6.07, 6.45) is -6.40. The number of anilines is 2. The Labute approximate surface area is 175 Å². The molecule has 3 rings (SSSR count). The van der Waals surface area contributed by atoms with Crippen LogP contribution in [0.2, 0.25) is 0 Å². The van der Waals surface area contributed by atoms with Gasteiger partial charge in [-0.3, -0.25) is 13.9 Å². The molecular formula is C18H22F3N7O3. The topological polar surface area (TPSA) is 97.5 Å². The van der Waals surface area contributed by atoms with Crippen molar-refractivity contribution in [3.63, 3.8) is 0 Å².